The molecule has 128 valence electrons. The fourth-order valence-corrected chi connectivity index (χ4v) is 2.13. The van der Waals surface area contributed by atoms with Crippen molar-refractivity contribution in [1.82, 2.24) is 10.6 Å². The molecule has 0 atom stereocenters. The second kappa shape index (κ2) is 8.76. The SMILES string of the molecule is CCNC(=NCc1ccc(OC)c(O)c1)NCc1ccc(F)cc1. The number of hydrogen-bond acceptors (Lipinski definition) is 3. The van der Waals surface area contributed by atoms with Gasteiger partial charge in [0.1, 0.15) is 5.82 Å². The van der Waals surface area contributed by atoms with Crippen LogP contribution in [0, 0.1) is 5.82 Å². The molecule has 0 spiro atoms. The highest BCUT2D eigenvalue weighted by molar-refractivity contribution is 5.79. The van der Waals surface area contributed by atoms with Crippen LogP contribution in [0.25, 0.3) is 0 Å². The fourth-order valence-electron chi connectivity index (χ4n) is 2.13. The predicted octanol–water partition coefficient (Wildman–Crippen LogP) is 2.80. The minimum Gasteiger partial charge on any atom is -0.504 e. The average molecular weight is 331 g/mol. The van der Waals surface area contributed by atoms with Crippen LogP contribution in [0.4, 0.5) is 4.39 Å². The van der Waals surface area contributed by atoms with Gasteiger partial charge < -0.3 is 20.5 Å². The molecule has 2 rings (SSSR count). The normalized spacial score (nSPS) is 11.2. The summed E-state index contributed by atoms with van der Waals surface area (Å²) in [5.74, 6) is 0.925. The lowest BCUT2D eigenvalue weighted by Gasteiger charge is -2.12. The van der Waals surface area contributed by atoms with Gasteiger partial charge >= 0.3 is 0 Å². The number of hydrogen-bond donors (Lipinski definition) is 3. The van der Waals surface area contributed by atoms with Crippen molar-refractivity contribution in [3.05, 3.63) is 59.4 Å². The van der Waals surface area contributed by atoms with E-state index in [1.54, 1.807) is 24.3 Å². The van der Waals surface area contributed by atoms with Crippen LogP contribution in [-0.2, 0) is 13.1 Å². The molecule has 5 nitrogen and oxygen atoms in total. The number of benzene rings is 2. The van der Waals surface area contributed by atoms with Gasteiger partial charge in [-0.15, -0.1) is 0 Å². The van der Waals surface area contributed by atoms with E-state index in [1.165, 1.54) is 19.2 Å². The molecule has 0 saturated carbocycles. The van der Waals surface area contributed by atoms with E-state index in [1.807, 2.05) is 13.0 Å². The minimum absolute atomic E-state index is 0.0921. The summed E-state index contributed by atoms with van der Waals surface area (Å²) < 4.78 is 17.9. The van der Waals surface area contributed by atoms with Gasteiger partial charge in [0.25, 0.3) is 0 Å². The topological polar surface area (TPSA) is 65.9 Å². The molecule has 0 unspecified atom stereocenters. The molecule has 0 aromatic heterocycles. The Balaban J connectivity index is 1.99. The highest BCUT2D eigenvalue weighted by atomic mass is 19.1. The molecule has 6 heteroatoms. The van der Waals surface area contributed by atoms with Crippen LogP contribution in [0.5, 0.6) is 11.5 Å². The van der Waals surface area contributed by atoms with Gasteiger partial charge in [-0.05, 0) is 42.3 Å². The summed E-state index contributed by atoms with van der Waals surface area (Å²) in [4.78, 5) is 4.48. The third-order valence-corrected chi connectivity index (χ3v) is 3.38. The lowest BCUT2D eigenvalue weighted by atomic mass is 10.2. The molecule has 0 saturated heterocycles. The molecule has 2 aromatic carbocycles. The first-order chi connectivity index (χ1) is 11.6. The van der Waals surface area contributed by atoms with Crippen molar-refractivity contribution in [2.24, 2.45) is 4.99 Å². The molecule has 0 bridgehead atoms. The maximum absolute atomic E-state index is 12.9. The van der Waals surface area contributed by atoms with Crippen molar-refractivity contribution in [3.63, 3.8) is 0 Å². The molecule has 24 heavy (non-hydrogen) atoms. The van der Waals surface area contributed by atoms with Gasteiger partial charge in [-0.25, -0.2) is 9.38 Å². The Kier molecular flexibility index (Phi) is 6.42. The number of aromatic hydroxyl groups is 1. The number of phenolic OH excluding ortho intramolecular Hbond substituents is 1. The number of phenols is 1. The van der Waals surface area contributed by atoms with E-state index in [4.69, 9.17) is 4.74 Å². The summed E-state index contributed by atoms with van der Waals surface area (Å²) in [5, 5.41) is 16.1. The second-order valence-corrected chi connectivity index (χ2v) is 5.18. The van der Waals surface area contributed by atoms with Crippen LogP contribution in [-0.4, -0.2) is 24.7 Å². The van der Waals surface area contributed by atoms with Crippen LogP contribution in [0.15, 0.2) is 47.5 Å². The van der Waals surface area contributed by atoms with Gasteiger partial charge in [0.05, 0.1) is 13.7 Å². The number of guanidine groups is 1. The summed E-state index contributed by atoms with van der Waals surface area (Å²) >= 11 is 0. The van der Waals surface area contributed by atoms with Gasteiger partial charge in [-0.3, -0.25) is 0 Å². The summed E-state index contributed by atoms with van der Waals surface area (Å²) in [5.41, 5.74) is 1.83. The van der Waals surface area contributed by atoms with Crippen LogP contribution in [0.1, 0.15) is 18.1 Å². The summed E-state index contributed by atoms with van der Waals surface area (Å²) in [6, 6.07) is 11.5. The van der Waals surface area contributed by atoms with Crippen molar-refractivity contribution < 1.29 is 14.2 Å². The zero-order valence-electron chi connectivity index (χ0n) is 13.8. The summed E-state index contributed by atoms with van der Waals surface area (Å²) in [7, 11) is 1.51. The van der Waals surface area contributed by atoms with E-state index in [9.17, 15) is 9.50 Å². The fraction of sp³-hybridized carbons (Fsp3) is 0.278. The first-order valence-corrected chi connectivity index (χ1v) is 7.75. The first-order valence-electron chi connectivity index (χ1n) is 7.75. The van der Waals surface area contributed by atoms with Crippen molar-refractivity contribution >= 4 is 5.96 Å². The van der Waals surface area contributed by atoms with Gasteiger partial charge in [0.15, 0.2) is 17.5 Å². The number of rotatable bonds is 6. The van der Waals surface area contributed by atoms with Gasteiger partial charge in [-0.2, -0.15) is 0 Å². The Morgan fingerprint density at radius 1 is 1.12 bits per heavy atom. The molecule has 0 aliphatic carbocycles. The maximum atomic E-state index is 12.9. The van der Waals surface area contributed by atoms with Crippen molar-refractivity contribution in [1.29, 1.82) is 0 Å². The predicted molar refractivity (Wildman–Crippen MR) is 92.7 cm³/mol. The van der Waals surface area contributed by atoms with E-state index in [2.05, 4.69) is 15.6 Å². The first kappa shape index (κ1) is 17.6. The third kappa shape index (κ3) is 5.15. The van der Waals surface area contributed by atoms with Crippen molar-refractivity contribution in [2.45, 2.75) is 20.0 Å². The Hall–Kier alpha value is -2.76. The number of methoxy groups -OCH3 is 1. The van der Waals surface area contributed by atoms with Gasteiger partial charge in [0.2, 0.25) is 0 Å². The molecule has 2 aromatic rings. The molecular formula is C18H22FN3O2. The average Bonchev–Trinajstić information content (AvgIpc) is 2.59. The zero-order valence-corrected chi connectivity index (χ0v) is 13.8. The van der Waals surface area contributed by atoms with Gasteiger partial charge in [-0.1, -0.05) is 18.2 Å². The zero-order chi connectivity index (χ0) is 17.4. The van der Waals surface area contributed by atoms with Crippen LogP contribution in [0.3, 0.4) is 0 Å². The molecule has 0 radical (unpaired) electrons. The smallest absolute Gasteiger partial charge is 0.191 e. The Labute approximate surface area is 141 Å². The lowest BCUT2D eigenvalue weighted by Crippen LogP contribution is -2.36. The van der Waals surface area contributed by atoms with E-state index < -0.39 is 0 Å². The van der Waals surface area contributed by atoms with Crippen LogP contribution < -0.4 is 15.4 Å². The number of ether oxygens (including phenoxy) is 1. The van der Waals surface area contributed by atoms with Crippen LogP contribution >= 0.6 is 0 Å². The highest BCUT2D eigenvalue weighted by Crippen LogP contribution is 2.26. The molecule has 0 aliphatic rings. The van der Waals surface area contributed by atoms with E-state index in [0.717, 1.165) is 17.7 Å². The third-order valence-electron chi connectivity index (χ3n) is 3.38. The van der Waals surface area contributed by atoms with E-state index in [0.29, 0.717) is 24.8 Å². The minimum atomic E-state index is -0.251. The molecular weight excluding hydrogens is 309 g/mol. The largest absolute Gasteiger partial charge is 0.504 e. The highest BCUT2D eigenvalue weighted by Gasteiger charge is 2.03. The van der Waals surface area contributed by atoms with E-state index >= 15 is 0 Å². The Morgan fingerprint density at radius 3 is 2.46 bits per heavy atom. The second-order valence-electron chi connectivity index (χ2n) is 5.18. The summed E-state index contributed by atoms with van der Waals surface area (Å²) in [6.45, 7) is 3.66. The number of aliphatic imine (C=N–C) groups is 1. The van der Waals surface area contributed by atoms with Crippen molar-refractivity contribution in [3.8, 4) is 11.5 Å². The molecule has 0 amide bonds. The molecule has 0 heterocycles. The number of halogens is 1. The van der Waals surface area contributed by atoms with Gasteiger partial charge in [0, 0.05) is 13.1 Å². The lowest BCUT2D eigenvalue weighted by molar-refractivity contribution is 0.373. The standard InChI is InChI=1S/C18H22FN3O2/c1-3-20-18(21-11-13-4-7-15(19)8-5-13)22-12-14-6-9-17(24-2)16(23)10-14/h4-10,23H,3,11-12H2,1-2H3,(H2,20,21,22). The Bertz CT molecular complexity index is 687. The Morgan fingerprint density at radius 2 is 1.83 bits per heavy atom. The molecule has 3 N–H and O–H groups in total. The molecule has 0 aliphatic heterocycles. The van der Waals surface area contributed by atoms with Crippen molar-refractivity contribution in [2.75, 3.05) is 13.7 Å². The quantitative estimate of drug-likeness (QED) is 0.562. The monoisotopic (exact) mass is 331 g/mol. The molecule has 0 fully saturated rings. The van der Waals surface area contributed by atoms with Crippen LogP contribution in [0.2, 0.25) is 0 Å². The summed E-state index contributed by atoms with van der Waals surface area (Å²) in [6.07, 6.45) is 0. The number of nitrogens with one attached hydrogen (secondary N) is 2. The maximum Gasteiger partial charge on any atom is 0.191 e. The number of nitrogens with zero attached hydrogens (tertiary/aromatic N) is 1. The van der Waals surface area contributed by atoms with E-state index in [-0.39, 0.29) is 11.6 Å².